The predicted molar refractivity (Wildman–Crippen MR) is 76.9 cm³/mol. The Morgan fingerprint density at radius 3 is 2.29 bits per heavy atom. The van der Waals surface area contributed by atoms with Gasteiger partial charge in [-0.05, 0) is 25.0 Å². The lowest BCUT2D eigenvalue weighted by Gasteiger charge is -2.27. The van der Waals surface area contributed by atoms with Crippen LogP contribution in [0.2, 0.25) is 0 Å². The molecule has 0 aliphatic carbocycles. The molecule has 1 aliphatic rings. The highest BCUT2D eigenvalue weighted by Crippen LogP contribution is 2.27. The fraction of sp³-hybridized carbons (Fsp3) is 0.375. The molecule has 1 aliphatic heterocycles. The number of nitrogens with zero attached hydrogens (tertiary/aromatic N) is 1. The van der Waals surface area contributed by atoms with Crippen LogP contribution in [0.15, 0.2) is 42.0 Å². The fourth-order valence-electron chi connectivity index (χ4n) is 2.12. The lowest BCUT2D eigenvalue weighted by Crippen LogP contribution is -2.20. The number of allylic oxidation sites excluding steroid dienone is 2. The van der Waals surface area contributed by atoms with E-state index in [-0.39, 0.29) is 0 Å². The molecule has 0 saturated heterocycles. The summed E-state index contributed by atoms with van der Waals surface area (Å²) in [6.45, 7) is 9.34. The quantitative estimate of drug-likeness (QED) is 0.695. The van der Waals surface area contributed by atoms with Crippen molar-refractivity contribution in [2.45, 2.75) is 27.7 Å². The standard InChI is InChI=1S/C14H17N.C2H6/c1-11-7-4-5-9-13(11)14-12(2)8-6-10-15(14)3;1-2/h4-9H,10H2,1-3H3;1-2H3. The Balaban J connectivity index is 0.000000686. The van der Waals surface area contributed by atoms with Gasteiger partial charge in [0.2, 0.25) is 0 Å². The lowest BCUT2D eigenvalue weighted by molar-refractivity contribution is 0.527. The van der Waals surface area contributed by atoms with Crippen molar-refractivity contribution in [2.75, 3.05) is 13.6 Å². The van der Waals surface area contributed by atoms with Gasteiger partial charge in [0.25, 0.3) is 0 Å². The Morgan fingerprint density at radius 1 is 1.06 bits per heavy atom. The number of likely N-dealkylation sites (N-methyl/N-ethyl adjacent to an activating group) is 1. The van der Waals surface area contributed by atoms with Crippen molar-refractivity contribution in [3.8, 4) is 0 Å². The van der Waals surface area contributed by atoms with Gasteiger partial charge in [-0.25, -0.2) is 0 Å². The summed E-state index contributed by atoms with van der Waals surface area (Å²) < 4.78 is 0. The molecule has 0 N–H and O–H groups in total. The summed E-state index contributed by atoms with van der Waals surface area (Å²) in [6, 6.07) is 8.56. The first-order chi connectivity index (χ1) is 8.20. The van der Waals surface area contributed by atoms with E-state index in [0.717, 1.165) is 6.54 Å². The highest BCUT2D eigenvalue weighted by atomic mass is 15.1. The zero-order chi connectivity index (χ0) is 12.8. The maximum absolute atomic E-state index is 2.30. The van der Waals surface area contributed by atoms with E-state index in [2.05, 4.69) is 62.2 Å². The van der Waals surface area contributed by atoms with Crippen molar-refractivity contribution in [1.29, 1.82) is 0 Å². The minimum Gasteiger partial charge on any atom is -0.370 e. The Bertz CT molecular complexity index is 427. The van der Waals surface area contributed by atoms with E-state index in [1.54, 1.807) is 0 Å². The molecule has 0 atom stereocenters. The van der Waals surface area contributed by atoms with Crippen LogP contribution in [0.1, 0.15) is 31.9 Å². The van der Waals surface area contributed by atoms with Gasteiger partial charge in [0.1, 0.15) is 0 Å². The molecule has 1 heteroatoms. The summed E-state index contributed by atoms with van der Waals surface area (Å²) in [5.41, 5.74) is 5.39. The molecular formula is C16H23N. The predicted octanol–water partition coefficient (Wildman–Crippen LogP) is 4.25. The molecule has 0 fully saturated rings. The molecule has 2 rings (SSSR count). The van der Waals surface area contributed by atoms with Crippen LogP contribution in [0.4, 0.5) is 0 Å². The van der Waals surface area contributed by atoms with Crippen LogP contribution in [-0.4, -0.2) is 18.5 Å². The van der Waals surface area contributed by atoms with Crippen LogP contribution < -0.4 is 0 Å². The Hall–Kier alpha value is -1.50. The van der Waals surface area contributed by atoms with Gasteiger partial charge in [-0.1, -0.05) is 50.3 Å². The maximum atomic E-state index is 2.30. The maximum Gasteiger partial charge on any atom is 0.0472 e. The summed E-state index contributed by atoms with van der Waals surface area (Å²) in [4.78, 5) is 2.30. The van der Waals surface area contributed by atoms with E-state index in [0.29, 0.717) is 0 Å². The van der Waals surface area contributed by atoms with Crippen LogP contribution in [-0.2, 0) is 0 Å². The summed E-state index contributed by atoms with van der Waals surface area (Å²) in [6.07, 6.45) is 4.42. The SMILES string of the molecule is CC.CC1=C(c2ccccc2C)N(C)CC=C1. The topological polar surface area (TPSA) is 3.24 Å². The molecular weight excluding hydrogens is 206 g/mol. The third-order valence-electron chi connectivity index (χ3n) is 2.90. The number of aryl methyl sites for hydroxylation is 1. The molecule has 0 unspecified atom stereocenters. The van der Waals surface area contributed by atoms with Crippen molar-refractivity contribution in [1.82, 2.24) is 4.90 Å². The number of hydrogen-bond acceptors (Lipinski definition) is 1. The minimum atomic E-state index is 1.00. The zero-order valence-corrected chi connectivity index (χ0v) is 11.6. The lowest BCUT2D eigenvalue weighted by atomic mass is 9.99. The van der Waals surface area contributed by atoms with Crippen molar-refractivity contribution in [3.63, 3.8) is 0 Å². The Kier molecular flexibility index (Phi) is 5.02. The molecule has 92 valence electrons. The van der Waals surface area contributed by atoms with Crippen LogP contribution in [0.25, 0.3) is 5.70 Å². The molecule has 0 amide bonds. The van der Waals surface area contributed by atoms with Gasteiger partial charge in [-0.3, -0.25) is 0 Å². The first-order valence-electron chi connectivity index (χ1n) is 6.34. The normalized spacial score (nSPS) is 14.5. The first kappa shape index (κ1) is 13.6. The molecule has 1 nitrogen and oxygen atoms in total. The summed E-state index contributed by atoms with van der Waals surface area (Å²) in [5.74, 6) is 0. The van der Waals surface area contributed by atoms with Crippen molar-refractivity contribution < 1.29 is 0 Å². The van der Waals surface area contributed by atoms with Crippen molar-refractivity contribution >= 4 is 5.70 Å². The number of rotatable bonds is 1. The third-order valence-corrected chi connectivity index (χ3v) is 2.90. The molecule has 0 bridgehead atoms. The van der Waals surface area contributed by atoms with Crippen molar-refractivity contribution in [3.05, 3.63) is 53.1 Å². The largest absolute Gasteiger partial charge is 0.370 e. The van der Waals surface area contributed by atoms with E-state index >= 15 is 0 Å². The van der Waals surface area contributed by atoms with Crippen molar-refractivity contribution in [2.24, 2.45) is 0 Å². The average Bonchev–Trinajstić information content (AvgIpc) is 2.34. The first-order valence-corrected chi connectivity index (χ1v) is 6.34. The van der Waals surface area contributed by atoms with Gasteiger partial charge in [-0.2, -0.15) is 0 Å². The third kappa shape index (κ3) is 3.00. The van der Waals surface area contributed by atoms with E-state index in [9.17, 15) is 0 Å². The molecule has 1 heterocycles. The van der Waals surface area contributed by atoms with Crippen LogP contribution in [0.5, 0.6) is 0 Å². The highest BCUT2D eigenvalue weighted by molar-refractivity contribution is 5.72. The second-order valence-electron chi connectivity index (χ2n) is 4.13. The van der Waals surface area contributed by atoms with Gasteiger partial charge < -0.3 is 4.90 Å². The summed E-state index contributed by atoms with van der Waals surface area (Å²) >= 11 is 0. The second-order valence-corrected chi connectivity index (χ2v) is 4.13. The van der Waals surface area contributed by atoms with Gasteiger partial charge in [0.15, 0.2) is 0 Å². The Morgan fingerprint density at radius 2 is 1.71 bits per heavy atom. The molecule has 0 radical (unpaired) electrons. The van der Waals surface area contributed by atoms with Gasteiger partial charge >= 0.3 is 0 Å². The van der Waals surface area contributed by atoms with Crippen LogP contribution in [0, 0.1) is 6.92 Å². The van der Waals surface area contributed by atoms with E-state index in [4.69, 9.17) is 0 Å². The van der Waals surface area contributed by atoms with Crippen LogP contribution in [0.3, 0.4) is 0 Å². The molecule has 1 aromatic rings. The molecule has 0 saturated carbocycles. The number of hydrogen-bond donors (Lipinski definition) is 0. The zero-order valence-electron chi connectivity index (χ0n) is 11.6. The molecule has 17 heavy (non-hydrogen) atoms. The summed E-state index contributed by atoms with van der Waals surface area (Å²) in [5, 5.41) is 0. The monoisotopic (exact) mass is 229 g/mol. The summed E-state index contributed by atoms with van der Waals surface area (Å²) in [7, 11) is 2.15. The fourth-order valence-corrected chi connectivity index (χ4v) is 2.12. The average molecular weight is 229 g/mol. The number of benzene rings is 1. The van der Waals surface area contributed by atoms with Gasteiger partial charge in [0.05, 0.1) is 0 Å². The van der Waals surface area contributed by atoms with Gasteiger partial charge in [0, 0.05) is 24.9 Å². The van der Waals surface area contributed by atoms with E-state index in [1.807, 2.05) is 13.8 Å². The minimum absolute atomic E-state index is 1.00. The van der Waals surface area contributed by atoms with E-state index < -0.39 is 0 Å². The Labute approximate surface area is 105 Å². The molecule has 0 aromatic heterocycles. The van der Waals surface area contributed by atoms with Crippen LogP contribution >= 0.6 is 0 Å². The smallest absolute Gasteiger partial charge is 0.0472 e. The van der Waals surface area contributed by atoms with Gasteiger partial charge in [-0.15, -0.1) is 0 Å². The highest BCUT2D eigenvalue weighted by Gasteiger charge is 2.13. The molecule has 1 aromatic carbocycles. The van der Waals surface area contributed by atoms with E-state index in [1.165, 1.54) is 22.4 Å². The second kappa shape index (κ2) is 6.29. The molecule has 0 spiro atoms.